The third-order valence-corrected chi connectivity index (χ3v) is 3.94. The molecule has 3 aromatic carbocycles. The van der Waals surface area contributed by atoms with E-state index in [1.807, 2.05) is 31.2 Å². The smallest absolute Gasteiger partial charge is 0.255 e. The summed E-state index contributed by atoms with van der Waals surface area (Å²) >= 11 is 0. The average Bonchev–Trinajstić information content (AvgIpc) is 2.71. The van der Waals surface area contributed by atoms with Gasteiger partial charge in [-0.05, 0) is 61.5 Å². The van der Waals surface area contributed by atoms with Crippen molar-refractivity contribution < 1.29 is 19.1 Å². The zero-order valence-electron chi connectivity index (χ0n) is 16.3. The number of para-hydroxylation sites is 2. The van der Waals surface area contributed by atoms with Crippen LogP contribution in [-0.2, 0) is 4.79 Å². The van der Waals surface area contributed by atoms with Crippen LogP contribution in [0.3, 0.4) is 0 Å². The Balaban J connectivity index is 1.75. The second kappa shape index (κ2) is 9.41. The number of hydrogen-bond acceptors (Lipinski definition) is 4. The predicted molar refractivity (Wildman–Crippen MR) is 113 cm³/mol. The molecule has 0 aliphatic heterocycles. The van der Waals surface area contributed by atoms with Crippen LogP contribution in [0.1, 0.15) is 24.2 Å². The van der Waals surface area contributed by atoms with E-state index >= 15 is 0 Å². The molecule has 3 rings (SSSR count). The Hall–Kier alpha value is -3.80. The summed E-state index contributed by atoms with van der Waals surface area (Å²) in [6, 6.07) is 21.2. The molecule has 29 heavy (non-hydrogen) atoms. The van der Waals surface area contributed by atoms with Gasteiger partial charge < -0.3 is 20.1 Å². The highest BCUT2D eigenvalue weighted by molar-refractivity contribution is 6.06. The van der Waals surface area contributed by atoms with Crippen LogP contribution in [-0.4, -0.2) is 18.4 Å². The van der Waals surface area contributed by atoms with Crippen LogP contribution in [0.25, 0.3) is 0 Å². The first-order valence-electron chi connectivity index (χ1n) is 9.24. The predicted octanol–water partition coefficient (Wildman–Crippen LogP) is 5.09. The molecule has 0 spiro atoms. The van der Waals surface area contributed by atoms with Crippen molar-refractivity contribution in [1.82, 2.24) is 0 Å². The van der Waals surface area contributed by atoms with E-state index in [2.05, 4.69) is 10.6 Å². The molecule has 0 atom stereocenters. The number of rotatable bonds is 7. The molecule has 2 amide bonds. The third kappa shape index (κ3) is 5.59. The molecule has 6 nitrogen and oxygen atoms in total. The van der Waals surface area contributed by atoms with Crippen LogP contribution in [0.5, 0.6) is 17.2 Å². The van der Waals surface area contributed by atoms with Crippen molar-refractivity contribution in [1.29, 1.82) is 0 Å². The SMILES string of the molecule is CCOc1ccc(Oc2ccccc2NC(=O)c2cccc(NC(C)=O)c2)cc1. The maximum Gasteiger partial charge on any atom is 0.255 e. The van der Waals surface area contributed by atoms with Crippen molar-refractivity contribution in [2.45, 2.75) is 13.8 Å². The molecule has 0 aliphatic carbocycles. The van der Waals surface area contributed by atoms with Gasteiger partial charge in [0.15, 0.2) is 5.75 Å². The molecule has 0 saturated carbocycles. The second-order valence-electron chi connectivity index (χ2n) is 6.22. The van der Waals surface area contributed by atoms with E-state index in [1.165, 1.54) is 6.92 Å². The highest BCUT2D eigenvalue weighted by Gasteiger charge is 2.11. The fraction of sp³-hybridized carbons (Fsp3) is 0.130. The van der Waals surface area contributed by atoms with Crippen LogP contribution < -0.4 is 20.1 Å². The number of ether oxygens (including phenoxy) is 2. The van der Waals surface area contributed by atoms with Gasteiger partial charge in [-0.1, -0.05) is 18.2 Å². The Morgan fingerprint density at radius 2 is 1.59 bits per heavy atom. The number of nitrogens with one attached hydrogen (secondary N) is 2. The topological polar surface area (TPSA) is 76.7 Å². The first-order chi connectivity index (χ1) is 14.0. The quantitative estimate of drug-likeness (QED) is 0.589. The van der Waals surface area contributed by atoms with Gasteiger partial charge in [-0.15, -0.1) is 0 Å². The van der Waals surface area contributed by atoms with Crippen molar-refractivity contribution >= 4 is 23.2 Å². The molecule has 0 aliphatic rings. The van der Waals surface area contributed by atoms with Gasteiger partial charge in [0.05, 0.1) is 12.3 Å². The lowest BCUT2D eigenvalue weighted by Crippen LogP contribution is -2.13. The van der Waals surface area contributed by atoms with E-state index in [4.69, 9.17) is 9.47 Å². The fourth-order valence-corrected chi connectivity index (χ4v) is 2.69. The number of anilines is 2. The van der Waals surface area contributed by atoms with Crippen LogP contribution in [0.2, 0.25) is 0 Å². The van der Waals surface area contributed by atoms with Gasteiger partial charge in [-0.25, -0.2) is 0 Å². The average molecular weight is 390 g/mol. The van der Waals surface area contributed by atoms with Gasteiger partial charge in [0.2, 0.25) is 5.91 Å². The lowest BCUT2D eigenvalue weighted by Gasteiger charge is -2.13. The molecule has 148 valence electrons. The highest BCUT2D eigenvalue weighted by atomic mass is 16.5. The largest absolute Gasteiger partial charge is 0.494 e. The Morgan fingerprint density at radius 1 is 0.862 bits per heavy atom. The van der Waals surface area contributed by atoms with E-state index < -0.39 is 0 Å². The summed E-state index contributed by atoms with van der Waals surface area (Å²) < 4.78 is 11.4. The number of benzene rings is 3. The maximum atomic E-state index is 12.7. The molecule has 6 heteroatoms. The van der Waals surface area contributed by atoms with E-state index in [9.17, 15) is 9.59 Å². The molecule has 3 aromatic rings. The van der Waals surface area contributed by atoms with E-state index in [0.29, 0.717) is 35.0 Å². The van der Waals surface area contributed by atoms with Crippen molar-refractivity contribution in [2.24, 2.45) is 0 Å². The molecule has 0 heterocycles. The van der Waals surface area contributed by atoms with Crippen molar-refractivity contribution in [2.75, 3.05) is 17.2 Å². The molecule has 0 saturated heterocycles. The van der Waals surface area contributed by atoms with Gasteiger partial charge in [0.25, 0.3) is 5.91 Å². The third-order valence-electron chi connectivity index (χ3n) is 3.94. The lowest BCUT2D eigenvalue weighted by molar-refractivity contribution is -0.114. The number of amides is 2. The van der Waals surface area contributed by atoms with Gasteiger partial charge in [-0.3, -0.25) is 9.59 Å². The normalized spacial score (nSPS) is 10.1. The summed E-state index contributed by atoms with van der Waals surface area (Å²) in [5, 5.41) is 5.53. The minimum atomic E-state index is -0.306. The van der Waals surface area contributed by atoms with Crippen LogP contribution in [0, 0.1) is 0 Å². The standard InChI is InChI=1S/C23H22N2O4/c1-3-28-19-11-13-20(14-12-19)29-22-10-5-4-9-21(22)25-23(27)17-7-6-8-18(15-17)24-16(2)26/h4-15H,3H2,1-2H3,(H,24,26)(H,25,27). The summed E-state index contributed by atoms with van der Waals surface area (Å²) in [6.07, 6.45) is 0. The second-order valence-corrected chi connectivity index (χ2v) is 6.22. The summed E-state index contributed by atoms with van der Waals surface area (Å²) in [7, 11) is 0. The Kier molecular flexibility index (Phi) is 6.47. The van der Waals surface area contributed by atoms with E-state index in [-0.39, 0.29) is 11.8 Å². The molecule has 2 N–H and O–H groups in total. The van der Waals surface area contributed by atoms with Crippen molar-refractivity contribution in [3.63, 3.8) is 0 Å². The monoisotopic (exact) mass is 390 g/mol. The van der Waals surface area contributed by atoms with Crippen LogP contribution >= 0.6 is 0 Å². The molecule has 0 fully saturated rings. The summed E-state index contributed by atoms with van der Waals surface area (Å²) in [5.41, 5.74) is 1.52. The van der Waals surface area contributed by atoms with Crippen molar-refractivity contribution in [3.05, 3.63) is 78.4 Å². The highest BCUT2D eigenvalue weighted by Crippen LogP contribution is 2.30. The summed E-state index contributed by atoms with van der Waals surface area (Å²) in [4.78, 5) is 23.9. The first-order valence-corrected chi connectivity index (χ1v) is 9.24. The van der Waals surface area contributed by atoms with Crippen molar-refractivity contribution in [3.8, 4) is 17.2 Å². The minimum absolute atomic E-state index is 0.198. The molecular weight excluding hydrogens is 368 g/mol. The molecule has 0 bridgehead atoms. The Morgan fingerprint density at radius 3 is 2.31 bits per heavy atom. The fourth-order valence-electron chi connectivity index (χ4n) is 2.69. The summed E-state index contributed by atoms with van der Waals surface area (Å²) in [6.45, 7) is 3.94. The van der Waals surface area contributed by atoms with Crippen LogP contribution in [0.15, 0.2) is 72.8 Å². The Labute approximate surface area is 169 Å². The van der Waals surface area contributed by atoms with Gasteiger partial charge in [-0.2, -0.15) is 0 Å². The van der Waals surface area contributed by atoms with Gasteiger partial charge in [0, 0.05) is 18.2 Å². The molecule has 0 aromatic heterocycles. The summed E-state index contributed by atoms with van der Waals surface area (Å²) in [5.74, 6) is 1.41. The molecular formula is C23H22N2O4. The zero-order valence-corrected chi connectivity index (χ0v) is 16.3. The maximum absolute atomic E-state index is 12.7. The van der Waals surface area contributed by atoms with Gasteiger partial charge >= 0.3 is 0 Å². The zero-order chi connectivity index (χ0) is 20.6. The first kappa shape index (κ1) is 19.9. The lowest BCUT2D eigenvalue weighted by atomic mass is 10.1. The minimum Gasteiger partial charge on any atom is -0.494 e. The van der Waals surface area contributed by atoms with Crippen LogP contribution in [0.4, 0.5) is 11.4 Å². The van der Waals surface area contributed by atoms with E-state index in [0.717, 1.165) is 5.75 Å². The molecule has 0 unspecified atom stereocenters. The van der Waals surface area contributed by atoms with Gasteiger partial charge in [0.1, 0.15) is 11.5 Å². The molecule has 0 radical (unpaired) electrons. The Bertz CT molecular complexity index is 1000. The van der Waals surface area contributed by atoms with E-state index in [1.54, 1.807) is 48.5 Å². The number of hydrogen-bond donors (Lipinski definition) is 2. The number of carbonyl (C=O) groups is 2. The number of carbonyl (C=O) groups excluding carboxylic acids is 2.